The number of carbonyl (C=O) groups excluding carboxylic acids is 2. The number of benzene rings is 2. The van der Waals surface area contributed by atoms with E-state index in [0.29, 0.717) is 22.3 Å². The van der Waals surface area contributed by atoms with Crippen molar-refractivity contribution in [2.24, 2.45) is 11.8 Å². The van der Waals surface area contributed by atoms with Crippen molar-refractivity contribution in [3.63, 3.8) is 0 Å². The highest BCUT2D eigenvalue weighted by Crippen LogP contribution is 2.29. The first-order valence-corrected chi connectivity index (χ1v) is 16.7. The van der Waals surface area contributed by atoms with Gasteiger partial charge in [0.15, 0.2) is 6.23 Å². The number of carbonyl (C=O) groups is 2. The standard InChI is InChI=1S/2C19H22N2O3/c1-13(2)7-8-14-10-15-12-21(18-6-4-5-9-24-18)20-17(15)11-16(14)19(22)23-3;1-13(2)7-8-14-10-15-12-20-21(18-6-4-5-9-24-18)17(15)11-16(14)19(22)23-3/h2*10-13,18H,4-6,9H2,1-3H3. The Bertz CT molecular complexity index is 1850. The average molecular weight is 653 g/mol. The maximum atomic E-state index is 12.2. The van der Waals surface area contributed by atoms with Crippen LogP contribution < -0.4 is 0 Å². The van der Waals surface area contributed by atoms with Crippen LogP contribution in [-0.4, -0.2) is 58.9 Å². The van der Waals surface area contributed by atoms with Crippen LogP contribution in [0.4, 0.5) is 0 Å². The fraction of sp³-hybridized carbons (Fsp3) is 0.474. The highest BCUT2D eigenvalue weighted by atomic mass is 16.5. The Kier molecular flexibility index (Phi) is 11.5. The summed E-state index contributed by atoms with van der Waals surface area (Å²) in [4.78, 5) is 24.3. The van der Waals surface area contributed by atoms with Crippen LogP contribution in [0.2, 0.25) is 0 Å². The summed E-state index contributed by atoms with van der Waals surface area (Å²) in [5.74, 6) is 12.1. The zero-order valence-electron chi connectivity index (χ0n) is 28.7. The molecule has 0 bridgehead atoms. The van der Waals surface area contributed by atoms with Crippen molar-refractivity contribution in [3.8, 4) is 23.7 Å². The Hall–Kier alpha value is -4.64. The summed E-state index contributed by atoms with van der Waals surface area (Å²) in [5, 5.41) is 11.0. The van der Waals surface area contributed by atoms with E-state index in [-0.39, 0.29) is 30.3 Å². The van der Waals surface area contributed by atoms with Gasteiger partial charge in [-0.05, 0) is 62.8 Å². The molecule has 2 atom stereocenters. The van der Waals surface area contributed by atoms with Gasteiger partial charge in [-0.1, -0.05) is 51.4 Å². The average Bonchev–Trinajstić information content (AvgIpc) is 3.73. The van der Waals surface area contributed by atoms with Crippen molar-refractivity contribution in [1.29, 1.82) is 0 Å². The Morgan fingerprint density at radius 1 is 0.792 bits per heavy atom. The van der Waals surface area contributed by atoms with Gasteiger partial charge in [-0.3, -0.25) is 0 Å². The second kappa shape index (κ2) is 16.0. The molecule has 10 heteroatoms. The summed E-state index contributed by atoms with van der Waals surface area (Å²) >= 11 is 0. The van der Waals surface area contributed by atoms with Gasteiger partial charge in [0.1, 0.15) is 6.23 Å². The molecule has 0 radical (unpaired) electrons. The maximum absolute atomic E-state index is 12.2. The third-order valence-electron chi connectivity index (χ3n) is 8.08. The van der Waals surface area contributed by atoms with Crippen molar-refractivity contribution in [2.45, 2.75) is 78.7 Å². The molecule has 6 rings (SSSR count). The molecule has 48 heavy (non-hydrogen) atoms. The van der Waals surface area contributed by atoms with Crippen molar-refractivity contribution >= 4 is 33.7 Å². The van der Waals surface area contributed by atoms with Crippen LogP contribution in [0.1, 0.15) is 111 Å². The minimum atomic E-state index is -0.395. The number of ether oxygens (including phenoxy) is 4. The minimum Gasteiger partial charge on any atom is -0.465 e. The third-order valence-corrected chi connectivity index (χ3v) is 8.08. The van der Waals surface area contributed by atoms with Gasteiger partial charge in [0.05, 0.1) is 42.6 Å². The second-order valence-electron chi connectivity index (χ2n) is 12.6. The second-order valence-corrected chi connectivity index (χ2v) is 12.6. The van der Waals surface area contributed by atoms with Crippen molar-refractivity contribution < 1.29 is 28.5 Å². The van der Waals surface area contributed by atoms with Gasteiger partial charge in [0.25, 0.3) is 0 Å². The molecular formula is C38H44N4O6. The monoisotopic (exact) mass is 652 g/mol. The summed E-state index contributed by atoms with van der Waals surface area (Å²) < 4.78 is 25.1. The molecule has 2 unspecified atom stereocenters. The molecule has 0 N–H and O–H groups in total. The first-order chi connectivity index (χ1) is 23.2. The van der Waals surface area contributed by atoms with E-state index in [4.69, 9.17) is 18.9 Å². The maximum Gasteiger partial charge on any atom is 0.339 e. The highest BCUT2D eigenvalue weighted by molar-refractivity contribution is 5.98. The molecule has 10 nitrogen and oxygen atoms in total. The molecule has 0 amide bonds. The van der Waals surface area contributed by atoms with Crippen molar-refractivity contribution in [2.75, 3.05) is 27.4 Å². The van der Waals surface area contributed by atoms with Crippen LogP contribution in [0, 0.1) is 35.5 Å². The van der Waals surface area contributed by atoms with E-state index in [1.165, 1.54) is 14.2 Å². The first-order valence-electron chi connectivity index (χ1n) is 16.7. The molecule has 2 saturated heterocycles. The molecule has 0 aliphatic carbocycles. The van der Waals surface area contributed by atoms with Crippen LogP contribution in [0.5, 0.6) is 0 Å². The lowest BCUT2D eigenvalue weighted by Crippen LogP contribution is -2.19. The predicted molar refractivity (Wildman–Crippen MR) is 183 cm³/mol. The molecular weight excluding hydrogens is 608 g/mol. The normalized spacial score (nSPS) is 17.6. The topological polar surface area (TPSA) is 107 Å². The minimum absolute atomic E-state index is 0.0297. The number of esters is 2. The summed E-state index contributed by atoms with van der Waals surface area (Å²) in [6, 6.07) is 7.38. The highest BCUT2D eigenvalue weighted by Gasteiger charge is 2.22. The summed E-state index contributed by atoms with van der Waals surface area (Å²) in [7, 11) is 2.76. The van der Waals surface area contributed by atoms with Crippen LogP contribution in [0.15, 0.2) is 36.7 Å². The number of hydrogen-bond acceptors (Lipinski definition) is 8. The van der Waals surface area contributed by atoms with E-state index >= 15 is 0 Å². The van der Waals surface area contributed by atoms with E-state index in [9.17, 15) is 9.59 Å². The van der Waals surface area contributed by atoms with Crippen LogP contribution in [0.25, 0.3) is 21.8 Å². The van der Waals surface area contributed by atoms with Gasteiger partial charge >= 0.3 is 11.9 Å². The molecule has 0 spiro atoms. The van der Waals surface area contributed by atoms with Gasteiger partial charge in [-0.25, -0.2) is 19.0 Å². The molecule has 2 aromatic carbocycles. The van der Waals surface area contributed by atoms with E-state index in [2.05, 4.69) is 33.9 Å². The van der Waals surface area contributed by atoms with Gasteiger partial charge < -0.3 is 18.9 Å². The van der Waals surface area contributed by atoms with Crippen molar-refractivity contribution in [3.05, 3.63) is 58.9 Å². The Labute approximate surface area is 282 Å². The van der Waals surface area contributed by atoms with E-state index < -0.39 is 5.97 Å². The van der Waals surface area contributed by atoms with Crippen LogP contribution in [0.3, 0.4) is 0 Å². The first kappa shape index (κ1) is 34.7. The molecule has 2 fully saturated rings. The molecule has 2 aliphatic heterocycles. The van der Waals surface area contributed by atoms with Crippen LogP contribution in [-0.2, 0) is 18.9 Å². The van der Waals surface area contributed by atoms with Gasteiger partial charge in [-0.2, -0.15) is 10.2 Å². The van der Waals surface area contributed by atoms with E-state index in [1.807, 2.05) is 61.5 Å². The summed E-state index contributed by atoms with van der Waals surface area (Å²) in [6.45, 7) is 9.57. The lowest BCUT2D eigenvalue weighted by molar-refractivity contribution is -0.0390. The molecule has 4 aromatic rings. The molecule has 2 aliphatic rings. The zero-order valence-corrected chi connectivity index (χ0v) is 28.7. The number of rotatable bonds is 4. The predicted octanol–water partition coefficient (Wildman–Crippen LogP) is 7.06. The lowest BCUT2D eigenvalue weighted by Gasteiger charge is -2.23. The Morgan fingerprint density at radius 3 is 1.90 bits per heavy atom. The van der Waals surface area contributed by atoms with E-state index in [0.717, 1.165) is 73.5 Å². The fourth-order valence-corrected chi connectivity index (χ4v) is 5.62. The fourth-order valence-electron chi connectivity index (χ4n) is 5.62. The van der Waals surface area contributed by atoms with E-state index in [1.54, 1.807) is 12.3 Å². The molecule has 4 heterocycles. The largest absolute Gasteiger partial charge is 0.465 e. The molecule has 0 saturated carbocycles. The van der Waals surface area contributed by atoms with Crippen LogP contribution >= 0.6 is 0 Å². The van der Waals surface area contributed by atoms with Crippen molar-refractivity contribution in [1.82, 2.24) is 19.6 Å². The summed E-state index contributed by atoms with van der Waals surface area (Å²) in [5.41, 5.74) is 3.89. The van der Waals surface area contributed by atoms with Gasteiger partial charge in [-0.15, -0.1) is 0 Å². The number of methoxy groups -OCH3 is 2. The third kappa shape index (κ3) is 8.25. The lowest BCUT2D eigenvalue weighted by atomic mass is 10.0. The molecule has 2 aromatic heterocycles. The molecule has 252 valence electrons. The Balaban J connectivity index is 0.000000188. The Morgan fingerprint density at radius 2 is 1.35 bits per heavy atom. The SMILES string of the molecule is COC(=O)c1cc2c(cnn2C2CCCCO2)cc1C#CC(C)C.COC(=O)c1cc2nn(C3CCCCO3)cc2cc1C#CC(C)C. The summed E-state index contributed by atoms with van der Waals surface area (Å²) in [6.07, 6.45) is 9.98. The van der Waals surface area contributed by atoms with Gasteiger partial charge in [0.2, 0.25) is 0 Å². The van der Waals surface area contributed by atoms with Gasteiger partial charge in [0, 0.05) is 53.1 Å². The quantitative estimate of drug-likeness (QED) is 0.170. The number of fused-ring (bicyclic) bond motifs is 2. The zero-order chi connectivity index (χ0) is 34.2. The smallest absolute Gasteiger partial charge is 0.339 e. The number of aromatic nitrogens is 4. The number of hydrogen-bond donors (Lipinski definition) is 0. The number of nitrogens with zero attached hydrogens (tertiary/aromatic N) is 4.